The molecule has 0 saturated carbocycles. The fourth-order valence-corrected chi connectivity index (χ4v) is 1.88. The van der Waals surface area contributed by atoms with Crippen LogP contribution in [0.4, 0.5) is 4.39 Å². The summed E-state index contributed by atoms with van der Waals surface area (Å²) in [6, 6.07) is 12.3. The molecule has 0 aliphatic carbocycles. The van der Waals surface area contributed by atoms with Crippen LogP contribution >= 0.6 is 0 Å². The quantitative estimate of drug-likeness (QED) is 0.888. The first-order valence-corrected chi connectivity index (χ1v) is 6.35. The maximum absolute atomic E-state index is 13.2. The SMILES string of the molecule is COc1ccc(OCC(C(=O)O)c2cccc(F)c2)cc1. The van der Waals surface area contributed by atoms with E-state index >= 15 is 0 Å². The second-order valence-corrected chi connectivity index (χ2v) is 4.43. The van der Waals surface area contributed by atoms with Crippen molar-refractivity contribution >= 4 is 5.97 Å². The first-order valence-electron chi connectivity index (χ1n) is 6.35. The third-order valence-corrected chi connectivity index (χ3v) is 3.03. The van der Waals surface area contributed by atoms with Crippen LogP contribution < -0.4 is 9.47 Å². The predicted octanol–water partition coefficient (Wildman–Crippen LogP) is 3.08. The van der Waals surface area contributed by atoms with E-state index in [4.69, 9.17) is 9.47 Å². The van der Waals surface area contributed by atoms with Crippen LogP contribution in [-0.4, -0.2) is 24.8 Å². The maximum atomic E-state index is 13.2. The molecule has 0 spiro atoms. The molecule has 110 valence electrons. The number of aliphatic carboxylic acids is 1. The monoisotopic (exact) mass is 290 g/mol. The summed E-state index contributed by atoms with van der Waals surface area (Å²) in [6.45, 7) is -0.0783. The van der Waals surface area contributed by atoms with Crippen molar-refractivity contribution in [3.8, 4) is 11.5 Å². The van der Waals surface area contributed by atoms with Gasteiger partial charge in [-0.1, -0.05) is 12.1 Å². The standard InChI is InChI=1S/C16H15FO4/c1-20-13-5-7-14(8-6-13)21-10-15(16(18)19)11-3-2-4-12(17)9-11/h2-9,15H,10H2,1H3,(H,18,19). The van der Waals surface area contributed by atoms with Crippen LogP contribution in [0.3, 0.4) is 0 Å². The zero-order chi connectivity index (χ0) is 15.2. The fraction of sp³-hybridized carbons (Fsp3) is 0.188. The summed E-state index contributed by atoms with van der Waals surface area (Å²) in [7, 11) is 1.56. The summed E-state index contributed by atoms with van der Waals surface area (Å²) in [4.78, 5) is 11.3. The Morgan fingerprint density at radius 3 is 2.43 bits per heavy atom. The van der Waals surface area contributed by atoms with Crippen molar-refractivity contribution in [2.24, 2.45) is 0 Å². The van der Waals surface area contributed by atoms with Gasteiger partial charge in [-0.15, -0.1) is 0 Å². The Labute approximate surface area is 121 Å². The molecule has 0 aliphatic rings. The number of halogens is 1. The topological polar surface area (TPSA) is 55.8 Å². The zero-order valence-electron chi connectivity index (χ0n) is 11.5. The average molecular weight is 290 g/mol. The molecule has 0 saturated heterocycles. The highest BCUT2D eigenvalue weighted by atomic mass is 19.1. The van der Waals surface area contributed by atoms with Crippen LogP contribution in [0.25, 0.3) is 0 Å². The van der Waals surface area contributed by atoms with Gasteiger partial charge in [-0.2, -0.15) is 0 Å². The fourth-order valence-electron chi connectivity index (χ4n) is 1.88. The van der Waals surface area contributed by atoms with E-state index in [-0.39, 0.29) is 6.61 Å². The Bertz CT molecular complexity index is 610. The van der Waals surface area contributed by atoms with E-state index in [9.17, 15) is 14.3 Å². The van der Waals surface area contributed by atoms with E-state index in [1.807, 2.05) is 0 Å². The summed E-state index contributed by atoms with van der Waals surface area (Å²) >= 11 is 0. The highest BCUT2D eigenvalue weighted by Gasteiger charge is 2.21. The number of ether oxygens (including phenoxy) is 2. The molecule has 0 aliphatic heterocycles. The molecule has 4 nitrogen and oxygen atoms in total. The number of carbonyl (C=O) groups is 1. The van der Waals surface area contributed by atoms with Crippen LogP contribution in [0, 0.1) is 5.82 Å². The lowest BCUT2D eigenvalue weighted by atomic mass is 10.0. The molecule has 2 rings (SSSR count). The van der Waals surface area contributed by atoms with Crippen molar-refractivity contribution in [2.45, 2.75) is 5.92 Å². The lowest BCUT2D eigenvalue weighted by Gasteiger charge is -2.14. The Balaban J connectivity index is 2.08. The Morgan fingerprint density at radius 2 is 1.86 bits per heavy atom. The first-order chi connectivity index (χ1) is 10.1. The second-order valence-electron chi connectivity index (χ2n) is 4.43. The molecule has 1 unspecified atom stereocenters. The van der Waals surface area contributed by atoms with E-state index in [0.717, 1.165) is 0 Å². The minimum Gasteiger partial charge on any atom is -0.497 e. The minimum atomic E-state index is -1.06. The van der Waals surface area contributed by atoms with Gasteiger partial charge in [0.2, 0.25) is 0 Å². The van der Waals surface area contributed by atoms with Gasteiger partial charge in [0.25, 0.3) is 0 Å². The highest BCUT2D eigenvalue weighted by Crippen LogP contribution is 2.21. The summed E-state index contributed by atoms with van der Waals surface area (Å²) in [6.07, 6.45) is 0. The van der Waals surface area contributed by atoms with Crippen molar-refractivity contribution in [1.29, 1.82) is 0 Å². The highest BCUT2D eigenvalue weighted by molar-refractivity contribution is 5.76. The molecule has 2 aromatic carbocycles. The number of rotatable bonds is 6. The van der Waals surface area contributed by atoms with Gasteiger partial charge in [0.1, 0.15) is 29.8 Å². The number of hydrogen-bond acceptors (Lipinski definition) is 3. The van der Waals surface area contributed by atoms with Crippen LogP contribution in [0.1, 0.15) is 11.5 Å². The molecule has 1 atom stereocenters. The summed E-state index contributed by atoms with van der Waals surface area (Å²) in [5.74, 6) is -1.25. The molecule has 1 N–H and O–H groups in total. The molecule has 0 aromatic heterocycles. The molecule has 0 amide bonds. The number of methoxy groups -OCH3 is 1. The van der Waals surface area contributed by atoms with Gasteiger partial charge in [-0.25, -0.2) is 4.39 Å². The van der Waals surface area contributed by atoms with Gasteiger partial charge in [-0.05, 0) is 42.0 Å². The summed E-state index contributed by atoms with van der Waals surface area (Å²) < 4.78 is 23.7. The predicted molar refractivity (Wildman–Crippen MR) is 75.3 cm³/mol. The van der Waals surface area contributed by atoms with Gasteiger partial charge in [0.05, 0.1) is 7.11 Å². The van der Waals surface area contributed by atoms with Crippen molar-refractivity contribution in [3.63, 3.8) is 0 Å². The smallest absolute Gasteiger partial charge is 0.314 e. The normalized spacial score (nSPS) is 11.7. The number of carboxylic acid groups (broad SMARTS) is 1. The molecule has 21 heavy (non-hydrogen) atoms. The maximum Gasteiger partial charge on any atom is 0.314 e. The number of carboxylic acids is 1. The van der Waals surface area contributed by atoms with Crippen molar-refractivity contribution < 1.29 is 23.8 Å². The molecular weight excluding hydrogens is 275 g/mol. The molecule has 0 heterocycles. The largest absolute Gasteiger partial charge is 0.497 e. The van der Waals surface area contributed by atoms with Crippen LogP contribution in [-0.2, 0) is 4.79 Å². The summed E-state index contributed by atoms with van der Waals surface area (Å²) in [5.41, 5.74) is 0.371. The molecule has 0 bridgehead atoms. The van der Waals surface area contributed by atoms with Crippen LogP contribution in [0.5, 0.6) is 11.5 Å². The van der Waals surface area contributed by atoms with Gasteiger partial charge in [0, 0.05) is 0 Å². The Kier molecular flexibility index (Phi) is 4.77. The number of benzene rings is 2. The van der Waals surface area contributed by atoms with Gasteiger partial charge in [0.15, 0.2) is 0 Å². The molecule has 0 fully saturated rings. The average Bonchev–Trinajstić information content (AvgIpc) is 2.48. The van der Waals surface area contributed by atoms with Gasteiger partial charge < -0.3 is 14.6 Å². The zero-order valence-corrected chi connectivity index (χ0v) is 11.5. The van der Waals surface area contributed by atoms with Crippen LogP contribution in [0.2, 0.25) is 0 Å². The van der Waals surface area contributed by atoms with Crippen LogP contribution in [0.15, 0.2) is 48.5 Å². The third-order valence-electron chi connectivity index (χ3n) is 3.03. The van der Waals surface area contributed by atoms with Crippen molar-refractivity contribution in [3.05, 3.63) is 59.9 Å². The molecular formula is C16H15FO4. The first kappa shape index (κ1) is 14.8. The lowest BCUT2D eigenvalue weighted by Crippen LogP contribution is -2.19. The molecule has 0 radical (unpaired) electrons. The number of hydrogen-bond donors (Lipinski definition) is 1. The Hall–Kier alpha value is -2.56. The van der Waals surface area contributed by atoms with E-state index < -0.39 is 17.7 Å². The minimum absolute atomic E-state index is 0.0783. The summed E-state index contributed by atoms with van der Waals surface area (Å²) in [5, 5.41) is 9.26. The molecule has 5 heteroatoms. The third kappa shape index (κ3) is 3.95. The van der Waals surface area contributed by atoms with Gasteiger partial charge in [-0.3, -0.25) is 4.79 Å². The van der Waals surface area contributed by atoms with Crippen molar-refractivity contribution in [2.75, 3.05) is 13.7 Å². The Morgan fingerprint density at radius 1 is 1.19 bits per heavy atom. The van der Waals surface area contributed by atoms with E-state index in [0.29, 0.717) is 17.1 Å². The van der Waals surface area contributed by atoms with E-state index in [2.05, 4.69) is 0 Å². The van der Waals surface area contributed by atoms with Gasteiger partial charge >= 0.3 is 5.97 Å². The molecule has 2 aromatic rings. The van der Waals surface area contributed by atoms with E-state index in [1.54, 1.807) is 37.4 Å². The van der Waals surface area contributed by atoms with Crippen molar-refractivity contribution in [1.82, 2.24) is 0 Å². The van der Waals surface area contributed by atoms with E-state index in [1.165, 1.54) is 18.2 Å². The second kappa shape index (κ2) is 6.74. The lowest BCUT2D eigenvalue weighted by molar-refractivity contribution is -0.139.